The Morgan fingerprint density at radius 2 is 2.00 bits per heavy atom. The molecular weight excluding hydrogens is 404 g/mol. The predicted octanol–water partition coefficient (Wildman–Crippen LogP) is 3.25. The first kappa shape index (κ1) is 20.9. The second-order valence-corrected chi connectivity index (χ2v) is 9.47. The Bertz CT molecular complexity index is 1080. The van der Waals surface area contributed by atoms with E-state index in [1.54, 1.807) is 6.20 Å². The van der Waals surface area contributed by atoms with Gasteiger partial charge in [-0.05, 0) is 30.2 Å². The Kier molecular flexibility index (Phi) is 5.57. The van der Waals surface area contributed by atoms with Gasteiger partial charge in [0.1, 0.15) is 6.17 Å². The van der Waals surface area contributed by atoms with Gasteiger partial charge in [0.2, 0.25) is 0 Å². The molecule has 8 nitrogen and oxygen atoms in total. The molecule has 2 aromatic heterocycles. The predicted molar refractivity (Wildman–Crippen MR) is 122 cm³/mol. The van der Waals surface area contributed by atoms with Gasteiger partial charge in [0.05, 0.1) is 31.3 Å². The van der Waals surface area contributed by atoms with Gasteiger partial charge in [0, 0.05) is 24.3 Å². The third kappa shape index (κ3) is 4.20. The van der Waals surface area contributed by atoms with E-state index in [1.807, 2.05) is 29.1 Å². The van der Waals surface area contributed by atoms with Gasteiger partial charge in [-0.15, -0.1) is 0 Å². The van der Waals surface area contributed by atoms with Crippen molar-refractivity contribution in [2.75, 3.05) is 31.6 Å². The molecule has 3 heterocycles. The lowest BCUT2D eigenvalue weighted by Gasteiger charge is -2.34. The highest BCUT2D eigenvalue weighted by atomic mass is 16.5. The highest BCUT2D eigenvalue weighted by Gasteiger charge is 2.31. The van der Waals surface area contributed by atoms with Crippen LogP contribution in [0.4, 0.5) is 5.69 Å². The fourth-order valence-corrected chi connectivity index (χ4v) is 4.74. The number of morpholine rings is 1. The summed E-state index contributed by atoms with van der Waals surface area (Å²) in [5.41, 5.74) is 4.68. The second-order valence-electron chi connectivity index (χ2n) is 9.47. The minimum atomic E-state index is -0.190. The van der Waals surface area contributed by atoms with Crippen molar-refractivity contribution in [3.63, 3.8) is 0 Å². The Balaban J connectivity index is 1.36. The van der Waals surface area contributed by atoms with Crippen LogP contribution in [0.5, 0.6) is 0 Å². The maximum Gasteiger partial charge on any atom is 0.276 e. The highest BCUT2D eigenvalue weighted by molar-refractivity contribution is 6.03. The van der Waals surface area contributed by atoms with Crippen molar-refractivity contribution in [2.45, 2.75) is 39.3 Å². The molecular formula is C24H30N6O2. The van der Waals surface area contributed by atoms with Crippen LogP contribution in [0.25, 0.3) is 0 Å². The molecule has 1 fully saturated rings. The van der Waals surface area contributed by atoms with Crippen molar-refractivity contribution in [3.8, 4) is 0 Å². The molecule has 8 heteroatoms. The molecule has 0 bridgehead atoms. The molecule has 1 saturated heterocycles. The number of carbonyl (C=O) groups excluding carboxylic acids is 1. The lowest BCUT2D eigenvalue weighted by Crippen LogP contribution is -2.42. The van der Waals surface area contributed by atoms with Gasteiger partial charge >= 0.3 is 0 Å². The van der Waals surface area contributed by atoms with E-state index in [2.05, 4.69) is 51.5 Å². The van der Waals surface area contributed by atoms with E-state index in [0.717, 1.165) is 49.2 Å². The first-order valence-corrected chi connectivity index (χ1v) is 11.3. The molecule has 1 amide bonds. The molecule has 0 saturated carbocycles. The molecule has 168 valence electrons. The zero-order valence-corrected chi connectivity index (χ0v) is 18.7. The zero-order valence-electron chi connectivity index (χ0n) is 18.7. The summed E-state index contributed by atoms with van der Waals surface area (Å²) >= 11 is 0. The number of nitrogens with one attached hydrogen (secondary N) is 2. The molecule has 0 spiro atoms. The third-order valence-corrected chi connectivity index (χ3v) is 6.47. The van der Waals surface area contributed by atoms with E-state index in [4.69, 9.17) is 4.74 Å². The van der Waals surface area contributed by atoms with E-state index in [0.29, 0.717) is 24.6 Å². The van der Waals surface area contributed by atoms with E-state index >= 15 is 0 Å². The zero-order chi connectivity index (χ0) is 22.1. The van der Waals surface area contributed by atoms with Crippen molar-refractivity contribution < 1.29 is 9.53 Å². The second kappa shape index (κ2) is 8.52. The summed E-state index contributed by atoms with van der Waals surface area (Å²) in [7, 11) is 0. The molecule has 3 aromatic rings. The Hall–Kier alpha value is -2.97. The number of ether oxygens (including phenoxy) is 1. The molecule has 1 atom stereocenters. The van der Waals surface area contributed by atoms with E-state index < -0.39 is 0 Å². The molecule has 5 rings (SSSR count). The van der Waals surface area contributed by atoms with Crippen LogP contribution in [0.15, 0.2) is 42.7 Å². The molecule has 2 N–H and O–H groups in total. The van der Waals surface area contributed by atoms with Crippen LogP contribution in [0.2, 0.25) is 0 Å². The SMILES string of the molecule is CC1(C)CCc2c(C(=O)Nc3cnn(C(c4ccccc4)N4CCOCC4)c3)n[nH]c2C1. The summed E-state index contributed by atoms with van der Waals surface area (Å²) < 4.78 is 7.46. The number of anilines is 1. The third-order valence-electron chi connectivity index (χ3n) is 6.47. The lowest BCUT2D eigenvalue weighted by atomic mass is 9.76. The molecule has 1 aliphatic heterocycles. The van der Waals surface area contributed by atoms with Crippen molar-refractivity contribution in [1.29, 1.82) is 0 Å². The monoisotopic (exact) mass is 434 g/mol. The largest absolute Gasteiger partial charge is 0.379 e. The van der Waals surface area contributed by atoms with Gasteiger partial charge in [-0.2, -0.15) is 10.2 Å². The van der Waals surface area contributed by atoms with Crippen molar-refractivity contribution >= 4 is 11.6 Å². The van der Waals surface area contributed by atoms with Crippen LogP contribution in [-0.4, -0.2) is 57.1 Å². The number of H-pyrrole nitrogens is 1. The Morgan fingerprint density at radius 1 is 1.22 bits per heavy atom. The Morgan fingerprint density at radius 3 is 2.78 bits per heavy atom. The summed E-state index contributed by atoms with van der Waals surface area (Å²) in [6, 6.07) is 10.3. The standard InChI is InChI=1S/C24H30N6O2/c1-24(2)9-8-19-20(14-24)27-28-21(19)22(31)26-18-15-25-30(16-18)23(17-6-4-3-5-7-17)29-10-12-32-13-11-29/h3-7,15-16,23H,8-14H2,1-2H3,(H,26,31)(H,27,28). The van der Waals surface area contributed by atoms with Crippen molar-refractivity contribution in [2.24, 2.45) is 5.41 Å². The van der Waals surface area contributed by atoms with E-state index in [9.17, 15) is 4.79 Å². The minimum Gasteiger partial charge on any atom is -0.379 e. The van der Waals surface area contributed by atoms with Crippen molar-refractivity contribution in [1.82, 2.24) is 24.9 Å². The Labute approximate surface area is 188 Å². The van der Waals surface area contributed by atoms with E-state index in [-0.39, 0.29) is 17.5 Å². The van der Waals surface area contributed by atoms with Gasteiger partial charge in [0.25, 0.3) is 5.91 Å². The average molecular weight is 435 g/mol. The van der Waals surface area contributed by atoms with Gasteiger partial charge < -0.3 is 10.1 Å². The van der Waals surface area contributed by atoms with Crippen LogP contribution in [0.1, 0.15) is 53.7 Å². The fourth-order valence-electron chi connectivity index (χ4n) is 4.74. The number of fused-ring (bicyclic) bond motifs is 1. The van der Waals surface area contributed by atoms with Crippen LogP contribution in [-0.2, 0) is 17.6 Å². The van der Waals surface area contributed by atoms with Crippen LogP contribution < -0.4 is 5.32 Å². The fraction of sp³-hybridized carbons (Fsp3) is 0.458. The maximum atomic E-state index is 13.0. The number of aromatic nitrogens is 4. The maximum absolute atomic E-state index is 13.0. The number of nitrogens with zero attached hydrogens (tertiary/aromatic N) is 4. The van der Waals surface area contributed by atoms with Gasteiger partial charge in [-0.25, -0.2) is 4.68 Å². The number of rotatable bonds is 5. The average Bonchev–Trinajstić information content (AvgIpc) is 3.41. The lowest BCUT2D eigenvalue weighted by molar-refractivity contribution is 0.00651. The molecule has 0 radical (unpaired) electrons. The van der Waals surface area contributed by atoms with Gasteiger partial charge in [-0.3, -0.25) is 14.8 Å². The van der Waals surface area contributed by atoms with Gasteiger partial charge in [-0.1, -0.05) is 44.2 Å². The quantitative estimate of drug-likeness (QED) is 0.644. The molecule has 1 unspecified atom stereocenters. The van der Waals surface area contributed by atoms with Crippen LogP contribution in [0, 0.1) is 5.41 Å². The first-order valence-electron chi connectivity index (χ1n) is 11.3. The highest BCUT2D eigenvalue weighted by Crippen LogP contribution is 2.35. The normalized spacial score (nSPS) is 19.3. The van der Waals surface area contributed by atoms with Gasteiger partial charge in [0.15, 0.2) is 5.69 Å². The van der Waals surface area contributed by atoms with Crippen LogP contribution >= 0.6 is 0 Å². The number of amides is 1. The topological polar surface area (TPSA) is 88.1 Å². The molecule has 1 aromatic carbocycles. The summed E-state index contributed by atoms with van der Waals surface area (Å²) in [5, 5.41) is 15.0. The molecule has 1 aliphatic carbocycles. The smallest absolute Gasteiger partial charge is 0.276 e. The number of carbonyl (C=O) groups is 1. The van der Waals surface area contributed by atoms with Crippen LogP contribution in [0.3, 0.4) is 0 Å². The summed E-state index contributed by atoms with van der Waals surface area (Å²) in [5.74, 6) is -0.190. The first-order chi connectivity index (χ1) is 15.5. The number of aromatic amines is 1. The molecule has 2 aliphatic rings. The van der Waals surface area contributed by atoms with Crippen molar-refractivity contribution in [3.05, 3.63) is 65.2 Å². The number of benzene rings is 1. The number of hydrogen-bond donors (Lipinski definition) is 2. The summed E-state index contributed by atoms with van der Waals surface area (Å²) in [6.07, 6.45) is 6.39. The molecule has 32 heavy (non-hydrogen) atoms. The summed E-state index contributed by atoms with van der Waals surface area (Å²) in [4.78, 5) is 15.4. The van der Waals surface area contributed by atoms with E-state index in [1.165, 1.54) is 0 Å². The number of hydrogen-bond acceptors (Lipinski definition) is 5. The summed E-state index contributed by atoms with van der Waals surface area (Å²) in [6.45, 7) is 7.57. The minimum absolute atomic E-state index is 0.0499.